The van der Waals surface area contributed by atoms with Gasteiger partial charge in [-0.05, 0) is 12.1 Å². The molecule has 0 aromatic heterocycles. The van der Waals surface area contributed by atoms with Crippen molar-refractivity contribution in [2.24, 2.45) is 0 Å². The molecule has 0 spiro atoms. The van der Waals surface area contributed by atoms with Gasteiger partial charge in [0.25, 0.3) is 0 Å². The molecule has 0 aliphatic carbocycles. The molecule has 5 nitrogen and oxygen atoms in total. The highest BCUT2D eigenvalue weighted by Crippen LogP contribution is 2.21. The summed E-state index contributed by atoms with van der Waals surface area (Å²) < 4.78 is 26.9. The number of carbonyl (C=O) groups is 1. The quantitative estimate of drug-likeness (QED) is 0.342. The lowest BCUT2D eigenvalue weighted by molar-refractivity contribution is -0.135. The lowest BCUT2D eigenvalue weighted by Gasteiger charge is -2.14. The van der Waals surface area contributed by atoms with E-state index in [2.05, 4.69) is 4.74 Å². The first-order valence-electron chi connectivity index (χ1n) is 5.46. The third-order valence-electron chi connectivity index (χ3n) is 2.30. The topological polar surface area (TPSA) is 67.8 Å². The smallest absolute Gasteiger partial charge is 0.386 e. The second-order valence-electron chi connectivity index (χ2n) is 3.44. The number of carbonyl (C=O) groups excluding carboxylic acids is 1. The van der Waals surface area contributed by atoms with Crippen LogP contribution in [0.5, 0.6) is 0 Å². The van der Waals surface area contributed by atoms with Crippen molar-refractivity contribution in [2.45, 2.75) is 11.2 Å². The van der Waals surface area contributed by atoms with Crippen LogP contribution in [0.4, 0.5) is 0 Å². The summed E-state index contributed by atoms with van der Waals surface area (Å²) in [5.41, 5.74) is 0. The maximum absolute atomic E-state index is 12.3. The number of rotatable bonds is 6. The summed E-state index contributed by atoms with van der Waals surface area (Å²) in [5.74, 6) is -0.679. The predicted molar refractivity (Wildman–Crippen MR) is 70.8 cm³/mol. The zero-order valence-electron chi connectivity index (χ0n) is 11.0. The molecular formula is C13H16O5S. The van der Waals surface area contributed by atoms with E-state index in [1.807, 2.05) is 0 Å². The van der Waals surface area contributed by atoms with Crippen molar-refractivity contribution in [3.8, 4) is 0 Å². The van der Waals surface area contributed by atoms with Gasteiger partial charge in [0, 0.05) is 31.5 Å². The summed E-state index contributed by atoms with van der Waals surface area (Å²) in [4.78, 5) is 12.2. The second-order valence-corrected chi connectivity index (χ2v) is 4.89. The van der Waals surface area contributed by atoms with Gasteiger partial charge in [0.2, 0.25) is 4.91 Å². The van der Waals surface area contributed by atoms with Crippen LogP contribution < -0.4 is 0 Å². The largest absolute Gasteiger partial charge is 0.606 e. The first-order chi connectivity index (χ1) is 9.13. The van der Waals surface area contributed by atoms with Crippen LogP contribution in [0.25, 0.3) is 0 Å². The van der Waals surface area contributed by atoms with Crippen LogP contribution in [0.2, 0.25) is 0 Å². The maximum atomic E-state index is 12.3. The van der Waals surface area contributed by atoms with Gasteiger partial charge in [-0.3, -0.25) is 0 Å². The summed E-state index contributed by atoms with van der Waals surface area (Å²) in [7, 11) is 4.07. The van der Waals surface area contributed by atoms with Gasteiger partial charge in [-0.2, -0.15) is 0 Å². The normalized spacial score (nSPS) is 13.4. The Morgan fingerprint density at radius 3 is 2.26 bits per heavy atom. The standard InChI is InChI=1S/C13H16O5S/c1-16-12(17-2)9-11(13(14)18-3)19(15)10-7-5-4-6-8-10/h4-9,12H,1-3H3. The van der Waals surface area contributed by atoms with Crippen molar-refractivity contribution in [1.82, 2.24) is 0 Å². The van der Waals surface area contributed by atoms with Crippen LogP contribution in [0.1, 0.15) is 0 Å². The first-order valence-corrected chi connectivity index (χ1v) is 6.61. The molecule has 104 valence electrons. The molecule has 1 rings (SSSR count). The highest BCUT2D eigenvalue weighted by atomic mass is 32.2. The van der Waals surface area contributed by atoms with E-state index in [1.54, 1.807) is 30.3 Å². The van der Waals surface area contributed by atoms with E-state index in [-0.39, 0.29) is 4.91 Å². The fraction of sp³-hybridized carbons (Fsp3) is 0.308. The summed E-state index contributed by atoms with van der Waals surface area (Å²) in [6.07, 6.45) is 0.580. The highest BCUT2D eigenvalue weighted by Gasteiger charge is 2.28. The van der Waals surface area contributed by atoms with E-state index >= 15 is 0 Å². The minimum Gasteiger partial charge on any atom is -0.606 e. The van der Waals surface area contributed by atoms with Crippen LogP contribution in [0.3, 0.4) is 0 Å². The molecule has 0 heterocycles. The zero-order valence-corrected chi connectivity index (χ0v) is 11.8. The number of benzene rings is 1. The van der Waals surface area contributed by atoms with E-state index in [9.17, 15) is 9.35 Å². The van der Waals surface area contributed by atoms with Crippen LogP contribution in [-0.2, 0) is 30.2 Å². The molecular weight excluding hydrogens is 268 g/mol. The van der Waals surface area contributed by atoms with Gasteiger partial charge >= 0.3 is 5.97 Å². The average molecular weight is 284 g/mol. The van der Waals surface area contributed by atoms with Gasteiger partial charge in [0.15, 0.2) is 11.2 Å². The SMILES string of the molecule is COC(=O)C(=CC(OC)OC)[S+]([O-])c1ccccc1. The molecule has 0 aliphatic heterocycles. The summed E-state index contributed by atoms with van der Waals surface area (Å²) in [6.45, 7) is 0. The minimum atomic E-state index is -1.65. The third-order valence-corrected chi connectivity index (χ3v) is 3.70. The van der Waals surface area contributed by atoms with Crippen molar-refractivity contribution in [2.75, 3.05) is 21.3 Å². The molecule has 0 fully saturated rings. The average Bonchev–Trinajstić information content (AvgIpc) is 2.48. The molecule has 6 heteroatoms. The molecule has 0 saturated heterocycles. The number of hydrogen-bond acceptors (Lipinski definition) is 5. The van der Waals surface area contributed by atoms with Crippen molar-refractivity contribution in [3.63, 3.8) is 0 Å². The van der Waals surface area contributed by atoms with Gasteiger partial charge in [0.1, 0.15) is 0 Å². The van der Waals surface area contributed by atoms with Crippen molar-refractivity contribution in [1.29, 1.82) is 0 Å². The summed E-state index contributed by atoms with van der Waals surface area (Å²) in [5, 5.41) is 0. The van der Waals surface area contributed by atoms with Gasteiger partial charge < -0.3 is 18.8 Å². The van der Waals surface area contributed by atoms with Gasteiger partial charge in [-0.1, -0.05) is 18.2 Å². The molecule has 0 radical (unpaired) electrons. The Morgan fingerprint density at radius 1 is 1.21 bits per heavy atom. The summed E-state index contributed by atoms with van der Waals surface area (Å²) in [6, 6.07) is 8.62. The molecule has 0 N–H and O–H groups in total. The van der Waals surface area contributed by atoms with Gasteiger partial charge in [0.05, 0.1) is 7.11 Å². The molecule has 1 aromatic carbocycles. The number of esters is 1. The van der Waals surface area contributed by atoms with Crippen LogP contribution in [0.15, 0.2) is 46.2 Å². The fourth-order valence-corrected chi connectivity index (χ4v) is 2.46. The van der Waals surface area contributed by atoms with E-state index in [0.29, 0.717) is 4.90 Å². The third kappa shape index (κ3) is 4.36. The Kier molecular flexibility index (Phi) is 6.58. The minimum absolute atomic E-state index is 0.0117. The van der Waals surface area contributed by atoms with Crippen molar-refractivity contribution < 1.29 is 23.6 Å². The van der Waals surface area contributed by atoms with Gasteiger partial charge in [-0.15, -0.1) is 0 Å². The molecule has 1 atom stereocenters. The van der Waals surface area contributed by atoms with E-state index < -0.39 is 23.4 Å². The Bertz CT molecular complexity index is 428. The monoisotopic (exact) mass is 284 g/mol. The molecule has 1 unspecified atom stereocenters. The number of hydrogen-bond donors (Lipinski definition) is 0. The molecule has 0 amide bonds. The Balaban J connectivity index is 3.07. The van der Waals surface area contributed by atoms with E-state index in [1.165, 1.54) is 27.4 Å². The van der Waals surface area contributed by atoms with Crippen LogP contribution in [-0.4, -0.2) is 38.1 Å². The molecule has 0 aliphatic rings. The zero-order chi connectivity index (χ0) is 14.3. The lowest BCUT2D eigenvalue weighted by Crippen LogP contribution is -2.20. The molecule has 19 heavy (non-hydrogen) atoms. The lowest BCUT2D eigenvalue weighted by atomic mass is 10.4. The van der Waals surface area contributed by atoms with Crippen molar-refractivity contribution >= 4 is 17.1 Å². The number of ether oxygens (including phenoxy) is 3. The van der Waals surface area contributed by atoms with E-state index in [4.69, 9.17) is 9.47 Å². The van der Waals surface area contributed by atoms with Crippen molar-refractivity contribution in [3.05, 3.63) is 41.3 Å². The van der Waals surface area contributed by atoms with E-state index in [0.717, 1.165) is 0 Å². The predicted octanol–water partition coefficient (Wildman–Crippen LogP) is 1.47. The van der Waals surface area contributed by atoms with Gasteiger partial charge in [-0.25, -0.2) is 4.79 Å². The van der Waals surface area contributed by atoms with Crippen LogP contribution >= 0.6 is 0 Å². The first kappa shape index (κ1) is 15.7. The maximum Gasteiger partial charge on any atom is 0.386 e. The Labute approximate surface area is 115 Å². The second kappa shape index (κ2) is 7.96. The van der Waals surface area contributed by atoms with Crippen LogP contribution in [0, 0.1) is 0 Å². The highest BCUT2D eigenvalue weighted by molar-refractivity contribution is 7.96. The Morgan fingerprint density at radius 2 is 1.79 bits per heavy atom. The molecule has 1 aromatic rings. The fourth-order valence-electron chi connectivity index (χ4n) is 1.33. The number of methoxy groups -OCH3 is 3. The molecule has 0 bridgehead atoms. The molecule has 0 saturated carbocycles. The summed E-state index contributed by atoms with van der Waals surface area (Å²) >= 11 is -1.65. The Hall–Kier alpha value is -1.34.